The molecular weight excluding hydrogens is 326 g/mol. The van der Waals surface area contributed by atoms with Gasteiger partial charge in [0.1, 0.15) is 18.8 Å². The molecule has 1 fully saturated rings. The third-order valence-corrected chi connectivity index (χ3v) is 3.09. The Morgan fingerprint density at radius 2 is 1.71 bits per heavy atom. The van der Waals surface area contributed by atoms with Crippen molar-refractivity contribution in [3.05, 3.63) is 0 Å². The first-order valence-corrected chi connectivity index (χ1v) is 7.20. The van der Waals surface area contributed by atoms with E-state index in [2.05, 4.69) is 5.32 Å². The van der Waals surface area contributed by atoms with Crippen LogP contribution in [0.1, 0.15) is 27.7 Å². The lowest BCUT2D eigenvalue weighted by Crippen LogP contribution is -2.53. The number of aliphatic hydroxyl groups is 1. The largest absolute Gasteiger partial charge is 0.462 e. The van der Waals surface area contributed by atoms with Crippen molar-refractivity contribution >= 4 is 23.8 Å². The van der Waals surface area contributed by atoms with Crippen LogP contribution >= 0.6 is 0 Å². The summed E-state index contributed by atoms with van der Waals surface area (Å²) in [6, 6.07) is -0.999. The second-order valence-corrected chi connectivity index (χ2v) is 5.24. The van der Waals surface area contributed by atoms with E-state index >= 15 is 0 Å². The Balaban J connectivity index is 3.03. The van der Waals surface area contributed by atoms with Gasteiger partial charge in [-0.2, -0.15) is 0 Å². The summed E-state index contributed by atoms with van der Waals surface area (Å²) in [5.74, 6) is -2.46. The molecule has 0 aromatic carbocycles. The molecule has 10 heteroatoms. The highest BCUT2D eigenvalue weighted by molar-refractivity contribution is 5.73. The van der Waals surface area contributed by atoms with Crippen molar-refractivity contribution in [2.45, 2.75) is 58.3 Å². The van der Waals surface area contributed by atoms with Crippen LogP contribution in [-0.4, -0.2) is 66.2 Å². The molecule has 1 saturated heterocycles. The van der Waals surface area contributed by atoms with Crippen LogP contribution in [-0.2, 0) is 38.1 Å². The Morgan fingerprint density at radius 3 is 2.17 bits per heavy atom. The second kappa shape index (κ2) is 8.60. The Kier molecular flexibility index (Phi) is 7.11. The van der Waals surface area contributed by atoms with Crippen LogP contribution in [0, 0.1) is 0 Å². The topological polar surface area (TPSA) is 137 Å². The molecule has 0 aliphatic carbocycles. The van der Waals surface area contributed by atoms with E-state index in [1.165, 1.54) is 13.8 Å². The number of hydrogen-bond donors (Lipinski definition) is 2. The molecule has 1 rings (SSSR count). The first kappa shape index (κ1) is 19.8. The van der Waals surface area contributed by atoms with E-state index in [1.807, 2.05) is 0 Å². The number of aliphatic hydroxyl groups excluding tert-OH is 1. The zero-order valence-electron chi connectivity index (χ0n) is 13.8. The molecule has 0 aromatic heterocycles. The molecular formula is C14H21NO9. The average molecular weight is 347 g/mol. The van der Waals surface area contributed by atoms with Gasteiger partial charge in [-0.1, -0.05) is 0 Å². The van der Waals surface area contributed by atoms with E-state index in [0.717, 1.165) is 13.8 Å². The fourth-order valence-electron chi connectivity index (χ4n) is 2.34. The van der Waals surface area contributed by atoms with Crippen molar-refractivity contribution in [1.29, 1.82) is 0 Å². The Hall–Kier alpha value is -2.20. The number of rotatable bonds is 6. The van der Waals surface area contributed by atoms with Crippen LogP contribution in [0.25, 0.3) is 0 Å². The molecule has 0 aromatic rings. The number of carbonyl (C=O) groups excluding carboxylic acids is 4. The van der Waals surface area contributed by atoms with Gasteiger partial charge < -0.3 is 29.4 Å². The van der Waals surface area contributed by atoms with Crippen molar-refractivity contribution in [3.63, 3.8) is 0 Å². The summed E-state index contributed by atoms with van der Waals surface area (Å²) in [4.78, 5) is 44.9. The number of ether oxygens (including phenoxy) is 4. The third-order valence-electron chi connectivity index (χ3n) is 3.09. The van der Waals surface area contributed by atoms with Crippen molar-refractivity contribution in [2.75, 3.05) is 6.61 Å². The van der Waals surface area contributed by atoms with E-state index in [4.69, 9.17) is 18.9 Å². The smallest absolute Gasteiger partial charge is 0.303 e. The summed E-state index contributed by atoms with van der Waals surface area (Å²) in [6.45, 7) is 4.31. The number of esters is 3. The molecule has 136 valence electrons. The maximum absolute atomic E-state index is 11.4. The molecule has 1 aliphatic rings. The Morgan fingerprint density at radius 1 is 1.08 bits per heavy atom. The predicted octanol–water partition coefficient (Wildman–Crippen LogP) is -1.37. The van der Waals surface area contributed by atoms with Gasteiger partial charge in [0, 0.05) is 27.7 Å². The number of carbonyl (C=O) groups is 4. The highest BCUT2D eigenvalue weighted by Crippen LogP contribution is 2.27. The molecule has 0 radical (unpaired) electrons. The van der Waals surface area contributed by atoms with Gasteiger partial charge in [-0.05, 0) is 0 Å². The lowest BCUT2D eigenvalue weighted by Gasteiger charge is -2.28. The van der Waals surface area contributed by atoms with E-state index in [1.54, 1.807) is 0 Å². The van der Waals surface area contributed by atoms with Crippen molar-refractivity contribution in [1.82, 2.24) is 5.32 Å². The Bertz CT molecular complexity index is 506. The number of hydrogen-bond acceptors (Lipinski definition) is 9. The summed E-state index contributed by atoms with van der Waals surface area (Å²) >= 11 is 0. The maximum Gasteiger partial charge on any atom is 0.303 e. The average Bonchev–Trinajstić information content (AvgIpc) is 2.70. The predicted molar refractivity (Wildman–Crippen MR) is 76.2 cm³/mol. The van der Waals surface area contributed by atoms with Crippen LogP contribution in [0.3, 0.4) is 0 Å². The molecule has 0 spiro atoms. The molecule has 2 N–H and O–H groups in total. The highest BCUT2D eigenvalue weighted by Gasteiger charge is 2.51. The summed E-state index contributed by atoms with van der Waals surface area (Å²) in [7, 11) is 0. The van der Waals surface area contributed by atoms with Crippen LogP contribution in [0.2, 0.25) is 0 Å². The van der Waals surface area contributed by atoms with E-state index in [0.29, 0.717) is 0 Å². The van der Waals surface area contributed by atoms with Gasteiger partial charge in [-0.3, -0.25) is 19.2 Å². The zero-order chi connectivity index (χ0) is 18.4. The monoisotopic (exact) mass is 347 g/mol. The molecule has 10 nitrogen and oxygen atoms in total. The zero-order valence-corrected chi connectivity index (χ0v) is 13.8. The highest BCUT2D eigenvalue weighted by atomic mass is 16.7. The van der Waals surface area contributed by atoms with Gasteiger partial charge in [0.25, 0.3) is 0 Å². The number of nitrogens with one attached hydrogen (secondary N) is 1. The molecule has 5 atom stereocenters. The first-order chi connectivity index (χ1) is 11.1. The van der Waals surface area contributed by atoms with Crippen molar-refractivity contribution < 1.29 is 43.2 Å². The minimum atomic E-state index is -1.55. The minimum absolute atomic E-state index is 0.352. The normalized spacial score (nSPS) is 27.0. The molecule has 0 saturated carbocycles. The van der Waals surface area contributed by atoms with Gasteiger partial charge >= 0.3 is 17.9 Å². The van der Waals surface area contributed by atoms with Crippen LogP contribution in [0.4, 0.5) is 0 Å². The van der Waals surface area contributed by atoms with Gasteiger partial charge in [0.2, 0.25) is 5.91 Å². The summed E-state index contributed by atoms with van der Waals surface area (Å²) in [5, 5.41) is 12.4. The van der Waals surface area contributed by atoms with E-state index in [-0.39, 0.29) is 6.61 Å². The second-order valence-electron chi connectivity index (χ2n) is 5.24. The SMILES string of the molecule is CC(=O)NC1C(OC(C)=O)C(O)OC1C(COC(C)=O)OC(C)=O. The molecule has 1 amide bonds. The molecule has 5 unspecified atom stereocenters. The van der Waals surface area contributed by atoms with Gasteiger partial charge in [0.05, 0.1) is 0 Å². The van der Waals surface area contributed by atoms with Crippen molar-refractivity contribution in [3.8, 4) is 0 Å². The quantitative estimate of drug-likeness (QED) is 0.440. The van der Waals surface area contributed by atoms with Crippen molar-refractivity contribution in [2.24, 2.45) is 0 Å². The minimum Gasteiger partial charge on any atom is -0.462 e. The Labute approximate surface area is 138 Å². The van der Waals surface area contributed by atoms with Crippen LogP contribution in [0.15, 0.2) is 0 Å². The molecule has 24 heavy (non-hydrogen) atoms. The lowest BCUT2D eigenvalue weighted by atomic mass is 10.0. The van der Waals surface area contributed by atoms with Crippen LogP contribution < -0.4 is 5.32 Å². The fraction of sp³-hybridized carbons (Fsp3) is 0.714. The summed E-state index contributed by atoms with van der Waals surface area (Å²) < 4.78 is 20.1. The summed E-state index contributed by atoms with van der Waals surface area (Å²) in [6.07, 6.45) is -4.95. The standard InChI is InChI=1S/C14H21NO9/c1-6(16)15-11-12(24-14(20)13(11)23-9(4)19)10(22-8(3)18)5-21-7(2)17/h10-14,20H,5H2,1-4H3,(H,15,16). The molecule has 0 bridgehead atoms. The van der Waals surface area contributed by atoms with E-state index in [9.17, 15) is 24.3 Å². The van der Waals surface area contributed by atoms with Gasteiger partial charge in [-0.15, -0.1) is 0 Å². The molecule has 1 heterocycles. The van der Waals surface area contributed by atoms with Gasteiger partial charge in [0.15, 0.2) is 18.5 Å². The number of amides is 1. The lowest BCUT2D eigenvalue weighted by molar-refractivity contribution is -0.184. The molecule has 1 aliphatic heterocycles. The van der Waals surface area contributed by atoms with Gasteiger partial charge in [-0.25, -0.2) is 0 Å². The maximum atomic E-state index is 11.4. The third kappa shape index (κ3) is 5.78. The first-order valence-electron chi connectivity index (χ1n) is 7.20. The van der Waals surface area contributed by atoms with Crippen LogP contribution in [0.5, 0.6) is 0 Å². The summed E-state index contributed by atoms with van der Waals surface area (Å²) in [5.41, 5.74) is 0. The fourth-order valence-corrected chi connectivity index (χ4v) is 2.34. The van der Waals surface area contributed by atoms with E-state index < -0.39 is 54.5 Å².